The zero-order chi connectivity index (χ0) is 22.0. The summed E-state index contributed by atoms with van der Waals surface area (Å²) in [4.78, 5) is 24.8. The Morgan fingerprint density at radius 3 is 2.77 bits per heavy atom. The van der Waals surface area contributed by atoms with E-state index in [2.05, 4.69) is 5.32 Å². The highest BCUT2D eigenvalue weighted by molar-refractivity contribution is 7.80. The lowest BCUT2D eigenvalue weighted by Crippen LogP contribution is -2.30. The summed E-state index contributed by atoms with van der Waals surface area (Å²) in [6.45, 7) is 1.94. The molecule has 0 saturated carbocycles. The molecule has 1 amide bonds. The third kappa shape index (κ3) is 4.31. The number of anilines is 1. The Labute approximate surface area is 182 Å². The molecule has 3 aromatic rings. The Bertz CT molecular complexity index is 1220. The van der Waals surface area contributed by atoms with E-state index in [1.807, 2.05) is 31.2 Å². The summed E-state index contributed by atoms with van der Waals surface area (Å²) in [6.07, 6.45) is 1.55. The van der Waals surface area contributed by atoms with Crippen molar-refractivity contribution < 1.29 is 18.9 Å². The number of hydrogen-bond acceptors (Lipinski definition) is 6. The largest absolute Gasteiger partial charge is 0.479 e. The van der Waals surface area contributed by atoms with Crippen LogP contribution in [-0.4, -0.2) is 15.9 Å². The van der Waals surface area contributed by atoms with Crippen molar-refractivity contribution >= 4 is 40.7 Å². The molecule has 1 aliphatic rings. The number of benzene rings is 2. The Morgan fingerprint density at radius 1 is 1.19 bits per heavy atom. The molecule has 156 valence electrons. The first-order chi connectivity index (χ1) is 14.9. The summed E-state index contributed by atoms with van der Waals surface area (Å²) < 4.78 is 11.2. The maximum absolute atomic E-state index is 12.8. The molecule has 0 unspecified atom stereocenters. The van der Waals surface area contributed by atoms with Crippen molar-refractivity contribution in [3.63, 3.8) is 0 Å². The second-order valence-corrected chi connectivity index (χ2v) is 7.17. The number of rotatable bonds is 6. The Hall–Kier alpha value is -3.98. The maximum atomic E-state index is 12.8. The Morgan fingerprint density at radius 2 is 2.00 bits per heavy atom. The molecular formula is C22H17N3O5S. The van der Waals surface area contributed by atoms with Gasteiger partial charge in [-0.2, -0.15) is 0 Å². The Balaban J connectivity index is 1.48. The van der Waals surface area contributed by atoms with Crippen molar-refractivity contribution in [1.29, 1.82) is 0 Å². The third-order valence-corrected chi connectivity index (χ3v) is 4.82. The normalized spacial score (nSPS) is 14.7. The van der Waals surface area contributed by atoms with Gasteiger partial charge in [0.2, 0.25) is 0 Å². The highest BCUT2D eigenvalue weighted by atomic mass is 32.1. The van der Waals surface area contributed by atoms with Crippen molar-refractivity contribution in [3.05, 3.63) is 93.6 Å². The van der Waals surface area contributed by atoms with Gasteiger partial charge in [-0.3, -0.25) is 19.8 Å². The van der Waals surface area contributed by atoms with E-state index in [9.17, 15) is 14.9 Å². The van der Waals surface area contributed by atoms with Crippen LogP contribution < -0.4 is 15.0 Å². The highest BCUT2D eigenvalue weighted by Gasteiger charge is 2.32. The molecular weight excluding hydrogens is 418 g/mol. The summed E-state index contributed by atoms with van der Waals surface area (Å²) in [5.41, 5.74) is 1.86. The minimum Gasteiger partial charge on any atom is -0.479 e. The van der Waals surface area contributed by atoms with Crippen LogP contribution in [0.3, 0.4) is 0 Å². The molecule has 2 aromatic carbocycles. The average Bonchev–Trinajstić information content (AvgIpc) is 3.30. The number of ether oxygens (including phenoxy) is 1. The van der Waals surface area contributed by atoms with Crippen molar-refractivity contribution in [2.45, 2.75) is 13.5 Å². The van der Waals surface area contributed by atoms with Gasteiger partial charge in [0.25, 0.3) is 5.91 Å². The number of carbonyl (C=O) groups is 1. The van der Waals surface area contributed by atoms with E-state index in [-0.39, 0.29) is 34.8 Å². The summed E-state index contributed by atoms with van der Waals surface area (Å²) in [6, 6.07) is 17.0. The number of carbonyl (C=O) groups excluding carboxylic acids is 1. The first-order valence-corrected chi connectivity index (χ1v) is 9.72. The maximum Gasteiger partial charge on any atom is 0.310 e. The van der Waals surface area contributed by atoms with Gasteiger partial charge in [-0.05, 0) is 55.0 Å². The standard InChI is InChI=1S/C22H17N3O5S/c1-14-5-4-6-15(11-14)24-21(26)18(23-22(24)31)12-16-9-10-17(30-16)13-29-20-8-3-2-7-19(20)25(27)28/h2-12H,13H2,1H3,(H,23,31)/b18-12+. The van der Waals surface area contributed by atoms with Crippen molar-refractivity contribution in [1.82, 2.24) is 5.32 Å². The van der Waals surface area contributed by atoms with E-state index in [4.69, 9.17) is 21.4 Å². The molecule has 8 nitrogen and oxygen atoms in total. The molecule has 31 heavy (non-hydrogen) atoms. The van der Waals surface area contributed by atoms with Gasteiger partial charge in [0.15, 0.2) is 10.9 Å². The fourth-order valence-electron chi connectivity index (χ4n) is 3.11. The van der Waals surface area contributed by atoms with E-state index >= 15 is 0 Å². The topological polar surface area (TPSA) is 97.9 Å². The molecule has 1 N–H and O–H groups in total. The number of nitro benzene ring substituents is 1. The first-order valence-electron chi connectivity index (χ1n) is 9.31. The zero-order valence-electron chi connectivity index (χ0n) is 16.4. The molecule has 1 aliphatic heterocycles. The monoisotopic (exact) mass is 435 g/mol. The molecule has 1 saturated heterocycles. The SMILES string of the molecule is Cc1cccc(N2C(=O)/C(=C\c3ccc(COc4ccccc4[N+](=O)[O-])o3)NC2=S)c1. The molecule has 4 rings (SSSR count). The lowest BCUT2D eigenvalue weighted by Gasteiger charge is -2.14. The number of nitrogens with one attached hydrogen (secondary N) is 1. The molecule has 9 heteroatoms. The van der Waals surface area contributed by atoms with Gasteiger partial charge in [0, 0.05) is 12.1 Å². The quantitative estimate of drug-likeness (QED) is 0.266. The minimum atomic E-state index is -0.506. The molecule has 0 bridgehead atoms. The van der Waals surface area contributed by atoms with Crippen molar-refractivity contribution in [2.75, 3.05) is 4.90 Å². The fraction of sp³-hybridized carbons (Fsp3) is 0.0909. The van der Waals surface area contributed by atoms with Gasteiger partial charge in [-0.15, -0.1) is 0 Å². The van der Waals surface area contributed by atoms with Gasteiger partial charge in [-0.1, -0.05) is 24.3 Å². The predicted molar refractivity (Wildman–Crippen MR) is 119 cm³/mol. The van der Waals surface area contributed by atoms with Gasteiger partial charge >= 0.3 is 5.69 Å². The van der Waals surface area contributed by atoms with E-state index in [1.165, 1.54) is 17.0 Å². The number of amides is 1. The molecule has 0 radical (unpaired) electrons. The number of nitro groups is 1. The molecule has 0 atom stereocenters. The van der Waals surface area contributed by atoms with E-state index in [0.29, 0.717) is 17.2 Å². The third-order valence-electron chi connectivity index (χ3n) is 4.54. The van der Waals surface area contributed by atoms with Crippen molar-refractivity contribution in [2.24, 2.45) is 0 Å². The summed E-state index contributed by atoms with van der Waals surface area (Å²) in [5.74, 6) is 0.736. The van der Waals surface area contributed by atoms with Gasteiger partial charge in [0.1, 0.15) is 23.8 Å². The minimum absolute atomic E-state index is 0.00321. The lowest BCUT2D eigenvalue weighted by molar-refractivity contribution is -0.386. The van der Waals surface area contributed by atoms with Crippen LogP contribution in [0.5, 0.6) is 5.75 Å². The summed E-state index contributed by atoms with van der Waals surface area (Å²) in [5, 5.41) is 14.3. The van der Waals surface area contributed by atoms with Crippen LogP contribution in [0.15, 0.2) is 70.8 Å². The molecule has 0 spiro atoms. The first kappa shape index (κ1) is 20.3. The average molecular weight is 435 g/mol. The van der Waals surface area contributed by atoms with Gasteiger partial charge < -0.3 is 14.5 Å². The second-order valence-electron chi connectivity index (χ2n) is 6.79. The number of para-hydroxylation sites is 2. The zero-order valence-corrected chi connectivity index (χ0v) is 17.2. The smallest absolute Gasteiger partial charge is 0.310 e. The van der Waals surface area contributed by atoms with Crippen molar-refractivity contribution in [3.8, 4) is 5.75 Å². The van der Waals surface area contributed by atoms with Crippen LogP contribution in [0.25, 0.3) is 6.08 Å². The number of aryl methyl sites for hydroxylation is 1. The number of furan rings is 1. The summed E-state index contributed by atoms with van der Waals surface area (Å²) in [7, 11) is 0. The van der Waals surface area contributed by atoms with Gasteiger partial charge in [-0.25, -0.2) is 0 Å². The fourth-order valence-corrected chi connectivity index (χ4v) is 3.41. The van der Waals surface area contributed by atoms with E-state index in [0.717, 1.165) is 5.56 Å². The number of thiocarbonyl (C=S) groups is 1. The predicted octanol–water partition coefficient (Wildman–Crippen LogP) is 4.34. The van der Waals surface area contributed by atoms with E-state index in [1.54, 1.807) is 30.3 Å². The lowest BCUT2D eigenvalue weighted by atomic mass is 10.2. The molecule has 0 aliphatic carbocycles. The number of nitrogens with zero attached hydrogens (tertiary/aromatic N) is 2. The Kier molecular flexibility index (Phi) is 5.50. The molecule has 2 heterocycles. The second kappa shape index (κ2) is 8.41. The van der Waals surface area contributed by atoms with Crippen LogP contribution in [0, 0.1) is 17.0 Å². The van der Waals surface area contributed by atoms with Crippen LogP contribution in [0.1, 0.15) is 17.1 Å². The molecule has 1 aromatic heterocycles. The van der Waals surface area contributed by atoms with Gasteiger partial charge in [0.05, 0.1) is 10.6 Å². The van der Waals surface area contributed by atoms with E-state index < -0.39 is 4.92 Å². The summed E-state index contributed by atoms with van der Waals surface area (Å²) >= 11 is 5.32. The van der Waals surface area contributed by atoms with Crippen LogP contribution in [-0.2, 0) is 11.4 Å². The number of hydrogen-bond donors (Lipinski definition) is 1. The highest BCUT2D eigenvalue weighted by Crippen LogP contribution is 2.27. The van der Waals surface area contributed by atoms with Crippen LogP contribution >= 0.6 is 12.2 Å². The van der Waals surface area contributed by atoms with Crippen LogP contribution in [0.4, 0.5) is 11.4 Å². The van der Waals surface area contributed by atoms with Crippen LogP contribution in [0.2, 0.25) is 0 Å². The molecule has 1 fully saturated rings.